The number of aromatic carboxylic acids is 2. The first-order chi connectivity index (χ1) is 10.4. The second-order valence-electron chi connectivity index (χ2n) is 4.57. The summed E-state index contributed by atoms with van der Waals surface area (Å²) in [5.41, 5.74) is 1.18. The van der Waals surface area contributed by atoms with Gasteiger partial charge in [0.1, 0.15) is 0 Å². The van der Waals surface area contributed by atoms with Crippen LogP contribution in [0, 0.1) is 6.92 Å². The van der Waals surface area contributed by atoms with Gasteiger partial charge in [-0.15, -0.1) is 0 Å². The van der Waals surface area contributed by atoms with Crippen molar-refractivity contribution in [2.75, 3.05) is 0 Å². The fourth-order valence-electron chi connectivity index (χ4n) is 1.93. The second kappa shape index (κ2) is 6.41. The van der Waals surface area contributed by atoms with Crippen LogP contribution < -0.4 is 0 Å². The first-order valence-electron chi connectivity index (χ1n) is 6.30. The lowest BCUT2D eigenvalue weighted by molar-refractivity contribution is 0.0696. The maximum Gasteiger partial charge on any atom is 0.336 e. The summed E-state index contributed by atoms with van der Waals surface area (Å²) in [5, 5.41) is 18.9. The highest BCUT2D eigenvalue weighted by molar-refractivity contribution is 6.30. The van der Waals surface area contributed by atoms with E-state index in [0.717, 1.165) is 5.56 Å². The lowest BCUT2D eigenvalue weighted by Crippen LogP contribution is -2.09. The molecule has 2 aromatic carbocycles. The Kier molecular flexibility index (Phi) is 4.58. The molecule has 0 amide bonds. The highest BCUT2D eigenvalue weighted by Crippen LogP contribution is 2.23. The van der Waals surface area contributed by atoms with E-state index in [9.17, 15) is 19.8 Å². The largest absolute Gasteiger partial charge is 0.478 e. The Balaban J connectivity index is 2.56. The van der Waals surface area contributed by atoms with Gasteiger partial charge in [-0.25, -0.2) is 9.59 Å². The number of hydrogen-bond acceptors (Lipinski definition) is 3. The van der Waals surface area contributed by atoms with Crippen LogP contribution in [-0.4, -0.2) is 28.4 Å². The zero-order chi connectivity index (χ0) is 16.3. The SMILES string of the molecule is Cc1ccc(Cl)cc1/N=C/c1c(C(=O)O)cccc1C(=O)O. The molecular formula is C16H12ClNO4. The predicted octanol–water partition coefficient (Wildman–Crippen LogP) is 3.80. The van der Waals surface area contributed by atoms with Crippen LogP contribution in [0.1, 0.15) is 31.8 Å². The fourth-order valence-corrected chi connectivity index (χ4v) is 2.10. The van der Waals surface area contributed by atoms with Gasteiger partial charge in [0.2, 0.25) is 0 Å². The topological polar surface area (TPSA) is 87.0 Å². The lowest BCUT2D eigenvalue weighted by atomic mass is 10.0. The maximum absolute atomic E-state index is 11.3. The molecule has 22 heavy (non-hydrogen) atoms. The molecule has 0 aromatic heterocycles. The van der Waals surface area contributed by atoms with Gasteiger partial charge in [0, 0.05) is 16.8 Å². The van der Waals surface area contributed by atoms with Crippen molar-refractivity contribution in [1.82, 2.24) is 0 Å². The van der Waals surface area contributed by atoms with E-state index in [2.05, 4.69) is 4.99 Å². The summed E-state index contributed by atoms with van der Waals surface area (Å²) in [5.74, 6) is -2.43. The van der Waals surface area contributed by atoms with Crippen LogP contribution >= 0.6 is 11.6 Å². The molecule has 2 aromatic rings. The first kappa shape index (κ1) is 15.7. The van der Waals surface area contributed by atoms with E-state index in [4.69, 9.17) is 11.6 Å². The molecule has 5 nitrogen and oxygen atoms in total. The molecule has 0 aliphatic heterocycles. The van der Waals surface area contributed by atoms with Crippen molar-refractivity contribution in [2.45, 2.75) is 6.92 Å². The molecule has 0 saturated carbocycles. The molecule has 6 heteroatoms. The van der Waals surface area contributed by atoms with Crippen LogP contribution in [0.4, 0.5) is 5.69 Å². The number of nitrogens with zero attached hydrogens (tertiary/aromatic N) is 1. The van der Waals surface area contributed by atoms with E-state index >= 15 is 0 Å². The number of carboxylic acid groups (broad SMARTS) is 2. The number of hydrogen-bond donors (Lipinski definition) is 2. The average Bonchev–Trinajstić information content (AvgIpc) is 2.47. The Morgan fingerprint density at radius 1 is 1.09 bits per heavy atom. The van der Waals surface area contributed by atoms with E-state index in [-0.39, 0.29) is 16.7 Å². The number of benzene rings is 2. The van der Waals surface area contributed by atoms with Crippen LogP contribution in [0.25, 0.3) is 0 Å². The molecule has 0 atom stereocenters. The van der Waals surface area contributed by atoms with Crippen molar-refractivity contribution < 1.29 is 19.8 Å². The molecule has 0 heterocycles. The van der Waals surface area contributed by atoms with Gasteiger partial charge >= 0.3 is 11.9 Å². The van der Waals surface area contributed by atoms with Gasteiger partial charge in [-0.05, 0) is 36.8 Å². The fraction of sp³-hybridized carbons (Fsp3) is 0.0625. The summed E-state index contributed by atoms with van der Waals surface area (Å²) in [7, 11) is 0. The Labute approximate surface area is 131 Å². The van der Waals surface area contributed by atoms with E-state index in [1.807, 2.05) is 6.92 Å². The van der Waals surface area contributed by atoms with Gasteiger partial charge in [0.05, 0.1) is 16.8 Å². The third kappa shape index (κ3) is 3.32. The summed E-state index contributed by atoms with van der Waals surface area (Å²) in [6.07, 6.45) is 1.24. The number of carbonyl (C=O) groups is 2. The quantitative estimate of drug-likeness (QED) is 0.840. The molecule has 0 unspecified atom stereocenters. The smallest absolute Gasteiger partial charge is 0.336 e. The van der Waals surface area contributed by atoms with Crippen LogP contribution in [-0.2, 0) is 0 Å². The Morgan fingerprint density at radius 3 is 2.23 bits per heavy atom. The van der Waals surface area contributed by atoms with Crippen molar-refractivity contribution in [2.24, 2.45) is 4.99 Å². The molecule has 0 spiro atoms. The van der Waals surface area contributed by atoms with Crippen LogP contribution in [0.2, 0.25) is 5.02 Å². The van der Waals surface area contributed by atoms with Crippen LogP contribution in [0.15, 0.2) is 41.4 Å². The van der Waals surface area contributed by atoms with Crippen molar-refractivity contribution in [3.8, 4) is 0 Å². The van der Waals surface area contributed by atoms with Crippen molar-refractivity contribution >= 4 is 35.4 Å². The van der Waals surface area contributed by atoms with Gasteiger partial charge in [-0.2, -0.15) is 0 Å². The molecular weight excluding hydrogens is 306 g/mol. The van der Waals surface area contributed by atoms with E-state index < -0.39 is 11.9 Å². The van der Waals surface area contributed by atoms with Crippen molar-refractivity contribution in [3.63, 3.8) is 0 Å². The lowest BCUT2D eigenvalue weighted by Gasteiger charge is -2.06. The number of carboxylic acids is 2. The minimum atomic E-state index is -1.22. The Bertz CT molecular complexity index is 751. The molecule has 112 valence electrons. The van der Waals surface area contributed by atoms with Crippen molar-refractivity contribution in [3.05, 3.63) is 63.7 Å². The molecule has 0 saturated heterocycles. The molecule has 0 aliphatic carbocycles. The minimum absolute atomic E-state index is 0.0434. The standard InChI is InChI=1S/C16H12ClNO4/c1-9-5-6-10(17)7-14(9)18-8-13-11(15(19)20)3-2-4-12(13)16(21)22/h2-8H,1H3,(H,19,20)(H,21,22)/b18-8+. The van der Waals surface area contributed by atoms with Gasteiger partial charge in [0.15, 0.2) is 0 Å². The van der Waals surface area contributed by atoms with Crippen molar-refractivity contribution in [1.29, 1.82) is 0 Å². The van der Waals surface area contributed by atoms with Crippen LogP contribution in [0.3, 0.4) is 0 Å². The Hall–Kier alpha value is -2.66. The van der Waals surface area contributed by atoms with Crippen LogP contribution in [0.5, 0.6) is 0 Å². The summed E-state index contributed by atoms with van der Waals surface area (Å²) >= 11 is 5.90. The van der Waals surface area contributed by atoms with E-state index in [1.54, 1.807) is 18.2 Å². The minimum Gasteiger partial charge on any atom is -0.478 e. The summed E-state index contributed by atoms with van der Waals surface area (Å²) in [4.78, 5) is 26.7. The van der Waals surface area contributed by atoms with E-state index in [1.165, 1.54) is 24.4 Å². The predicted molar refractivity (Wildman–Crippen MR) is 83.8 cm³/mol. The average molecular weight is 318 g/mol. The number of aryl methyl sites for hydroxylation is 1. The molecule has 0 bridgehead atoms. The third-order valence-corrected chi connectivity index (χ3v) is 3.31. The zero-order valence-corrected chi connectivity index (χ0v) is 12.3. The van der Waals surface area contributed by atoms with Gasteiger partial charge in [-0.1, -0.05) is 23.7 Å². The third-order valence-electron chi connectivity index (χ3n) is 3.07. The second-order valence-corrected chi connectivity index (χ2v) is 5.00. The molecule has 0 fully saturated rings. The summed E-state index contributed by atoms with van der Waals surface area (Å²) < 4.78 is 0. The molecule has 0 radical (unpaired) electrons. The molecule has 2 rings (SSSR count). The zero-order valence-electron chi connectivity index (χ0n) is 11.6. The molecule has 0 aliphatic rings. The highest BCUT2D eigenvalue weighted by atomic mass is 35.5. The van der Waals surface area contributed by atoms with Gasteiger partial charge in [-0.3, -0.25) is 4.99 Å². The Morgan fingerprint density at radius 2 is 1.68 bits per heavy atom. The number of halogens is 1. The number of rotatable bonds is 4. The van der Waals surface area contributed by atoms with E-state index in [0.29, 0.717) is 10.7 Å². The van der Waals surface area contributed by atoms with Gasteiger partial charge in [0.25, 0.3) is 0 Å². The summed E-state index contributed by atoms with van der Waals surface area (Å²) in [6.45, 7) is 1.82. The summed E-state index contributed by atoms with van der Waals surface area (Å²) in [6, 6.07) is 9.16. The maximum atomic E-state index is 11.3. The first-order valence-corrected chi connectivity index (χ1v) is 6.67. The monoisotopic (exact) mass is 317 g/mol. The number of aliphatic imine (C=N–C) groups is 1. The molecule has 2 N–H and O–H groups in total. The normalized spacial score (nSPS) is 10.8. The highest BCUT2D eigenvalue weighted by Gasteiger charge is 2.16. The van der Waals surface area contributed by atoms with Gasteiger partial charge < -0.3 is 10.2 Å².